The van der Waals surface area contributed by atoms with E-state index < -0.39 is 52.2 Å². The zero-order valence-electron chi connectivity index (χ0n) is 22.3. The molecule has 0 saturated heterocycles. The Morgan fingerprint density at radius 2 is 0.946 bits per heavy atom. The van der Waals surface area contributed by atoms with Gasteiger partial charge in [0.1, 0.15) is 0 Å². The molecular weight excluding hydrogens is 495 g/mol. The van der Waals surface area contributed by atoms with Gasteiger partial charge >= 0.3 is 11.9 Å². The number of carbonyl (C=O) groups excluding carboxylic acids is 2. The lowest BCUT2D eigenvalue weighted by atomic mass is 9.82. The van der Waals surface area contributed by atoms with E-state index in [9.17, 15) is 31.5 Å². The number of hydrogen-bond acceptors (Lipinski definition) is 4. The number of hydrogen-bond donors (Lipinski definition) is 0. The fourth-order valence-electron chi connectivity index (χ4n) is 4.20. The maximum atomic E-state index is 13.9. The van der Waals surface area contributed by atoms with Crippen LogP contribution in [-0.2, 0) is 14.3 Å². The number of esters is 2. The van der Waals surface area contributed by atoms with Crippen molar-refractivity contribution in [3.05, 3.63) is 29.1 Å². The Balaban J connectivity index is 2.46. The molecule has 0 atom stereocenters. The Hall–Kier alpha value is -2.19. The second-order valence-corrected chi connectivity index (χ2v) is 9.46. The number of halogens is 5. The summed E-state index contributed by atoms with van der Waals surface area (Å²) in [6, 6.07) is 0. The Morgan fingerprint density at radius 1 is 0.568 bits per heavy atom. The number of benzene rings is 1. The average Bonchev–Trinajstić information content (AvgIpc) is 2.90. The lowest BCUT2D eigenvalue weighted by molar-refractivity contribution is -0.168. The van der Waals surface area contributed by atoms with E-state index in [4.69, 9.17) is 4.74 Å². The Bertz CT molecular complexity index is 826. The molecule has 0 bridgehead atoms. The topological polar surface area (TPSA) is 52.6 Å². The van der Waals surface area contributed by atoms with Crippen molar-refractivity contribution in [1.82, 2.24) is 0 Å². The molecule has 1 aromatic carbocycles. The lowest BCUT2D eigenvalue weighted by Gasteiger charge is -2.27. The smallest absolute Gasteiger partial charge is 0.329 e. The summed E-state index contributed by atoms with van der Waals surface area (Å²) in [4.78, 5) is 25.4. The Labute approximate surface area is 217 Å². The van der Waals surface area contributed by atoms with Gasteiger partial charge in [-0.05, 0) is 19.3 Å². The van der Waals surface area contributed by atoms with E-state index in [1.54, 1.807) is 0 Å². The highest BCUT2D eigenvalue weighted by Crippen LogP contribution is 2.34. The van der Waals surface area contributed by atoms with Gasteiger partial charge in [0.05, 0.1) is 6.61 Å². The average molecular weight is 537 g/mol. The summed E-state index contributed by atoms with van der Waals surface area (Å²) in [5, 5.41) is 0. The molecule has 0 aliphatic carbocycles. The van der Waals surface area contributed by atoms with Crippen molar-refractivity contribution < 1.29 is 41.0 Å². The monoisotopic (exact) mass is 536 g/mol. The second-order valence-electron chi connectivity index (χ2n) is 9.46. The summed E-state index contributed by atoms with van der Waals surface area (Å²) in [6.45, 7) is 5.20. The summed E-state index contributed by atoms with van der Waals surface area (Å²) >= 11 is 0. The molecule has 212 valence electrons. The Kier molecular flexibility index (Phi) is 15.4. The van der Waals surface area contributed by atoms with Crippen molar-refractivity contribution in [2.24, 2.45) is 5.41 Å². The highest BCUT2D eigenvalue weighted by atomic mass is 19.2. The molecule has 1 rings (SSSR count). The molecule has 0 heterocycles. The van der Waals surface area contributed by atoms with Crippen molar-refractivity contribution in [3.8, 4) is 5.75 Å². The van der Waals surface area contributed by atoms with Crippen LogP contribution in [0.5, 0.6) is 5.75 Å². The minimum absolute atomic E-state index is 0.0498. The predicted molar refractivity (Wildman–Crippen MR) is 132 cm³/mol. The van der Waals surface area contributed by atoms with E-state index >= 15 is 0 Å². The van der Waals surface area contributed by atoms with Gasteiger partial charge in [0.2, 0.25) is 34.8 Å². The zero-order valence-corrected chi connectivity index (χ0v) is 22.3. The highest BCUT2D eigenvalue weighted by Gasteiger charge is 2.47. The fraction of sp³-hybridized carbons (Fsp3) is 0.714. The SMILES string of the molecule is CCCCCCCCCCCCCCCOC(=O)C(CC)(CC)C(=O)Oc1c(F)c(F)c(F)c(F)c1F. The quantitative estimate of drug-likeness (QED) is 0.0337. The summed E-state index contributed by atoms with van der Waals surface area (Å²) in [5.74, 6) is -15.6. The van der Waals surface area contributed by atoms with Gasteiger partial charge in [0.25, 0.3) is 0 Å². The number of carbonyl (C=O) groups is 2. The van der Waals surface area contributed by atoms with Gasteiger partial charge < -0.3 is 9.47 Å². The molecule has 0 amide bonds. The van der Waals surface area contributed by atoms with E-state index in [0.717, 1.165) is 25.7 Å². The van der Waals surface area contributed by atoms with Crippen LogP contribution >= 0.6 is 0 Å². The van der Waals surface area contributed by atoms with Crippen LogP contribution in [0.15, 0.2) is 0 Å². The summed E-state index contributed by atoms with van der Waals surface area (Å²) in [7, 11) is 0. The first kappa shape index (κ1) is 32.8. The summed E-state index contributed by atoms with van der Waals surface area (Å²) < 4.78 is 77.8. The molecule has 0 spiro atoms. The van der Waals surface area contributed by atoms with Crippen LogP contribution in [0, 0.1) is 34.5 Å². The zero-order chi connectivity index (χ0) is 27.8. The van der Waals surface area contributed by atoms with E-state index in [0.29, 0.717) is 6.42 Å². The third-order valence-corrected chi connectivity index (χ3v) is 6.83. The van der Waals surface area contributed by atoms with Crippen molar-refractivity contribution >= 4 is 11.9 Å². The van der Waals surface area contributed by atoms with Crippen LogP contribution in [0.2, 0.25) is 0 Å². The maximum Gasteiger partial charge on any atom is 0.329 e. The molecule has 0 radical (unpaired) electrons. The molecule has 1 aromatic rings. The van der Waals surface area contributed by atoms with Crippen molar-refractivity contribution in [2.75, 3.05) is 6.61 Å². The summed E-state index contributed by atoms with van der Waals surface area (Å²) in [6.07, 6.45) is 14.6. The minimum Gasteiger partial charge on any atom is -0.465 e. The minimum atomic E-state index is -2.37. The molecule has 9 heteroatoms. The lowest BCUT2D eigenvalue weighted by Crippen LogP contribution is -2.43. The van der Waals surface area contributed by atoms with Gasteiger partial charge in [0.15, 0.2) is 5.41 Å². The van der Waals surface area contributed by atoms with Crippen LogP contribution in [0.1, 0.15) is 117 Å². The number of unbranched alkanes of at least 4 members (excludes halogenated alkanes) is 12. The largest absolute Gasteiger partial charge is 0.465 e. The maximum absolute atomic E-state index is 13.9. The summed E-state index contributed by atoms with van der Waals surface area (Å²) in [5.41, 5.74) is -1.93. The van der Waals surface area contributed by atoms with Crippen LogP contribution in [0.4, 0.5) is 22.0 Å². The van der Waals surface area contributed by atoms with E-state index in [1.165, 1.54) is 65.2 Å². The van der Waals surface area contributed by atoms with E-state index in [1.807, 2.05) is 0 Å². The van der Waals surface area contributed by atoms with Crippen LogP contribution in [0.3, 0.4) is 0 Å². The van der Waals surface area contributed by atoms with Gasteiger partial charge in [0, 0.05) is 0 Å². The molecule has 0 saturated carbocycles. The first-order valence-electron chi connectivity index (χ1n) is 13.6. The van der Waals surface area contributed by atoms with Gasteiger partial charge in [-0.15, -0.1) is 0 Å². The first-order chi connectivity index (χ1) is 17.7. The van der Waals surface area contributed by atoms with Gasteiger partial charge in [-0.1, -0.05) is 97.8 Å². The second kappa shape index (κ2) is 17.3. The first-order valence-corrected chi connectivity index (χ1v) is 13.6. The van der Waals surface area contributed by atoms with Crippen LogP contribution in [0.25, 0.3) is 0 Å². The normalized spacial score (nSPS) is 11.6. The molecule has 0 fully saturated rings. The molecule has 37 heavy (non-hydrogen) atoms. The van der Waals surface area contributed by atoms with Crippen molar-refractivity contribution in [1.29, 1.82) is 0 Å². The van der Waals surface area contributed by atoms with Crippen molar-refractivity contribution in [3.63, 3.8) is 0 Å². The van der Waals surface area contributed by atoms with Gasteiger partial charge in [-0.25, -0.2) is 13.2 Å². The molecule has 0 aliphatic heterocycles. The molecule has 0 unspecified atom stereocenters. The molecule has 0 aliphatic rings. The number of rotatable bonds is 19. The van der Waals surface area contributed by atoms with E-state index in [-0.39, 0.29) is 19.4 Å². The molecular formula is C28H41F5O4. The van der Waals surface area contributed by atoms with E-state index in [2.05, 4.69) is 11.7 Å². The van der Waals surface area contributed by atoms with Gasteiger partial charge in [-0.2, -0.15) is 8.78 Å². The van der Waals surface area contributed by atoms with Crippen molar-refractivity contribution in [2.45, 2.75) is 117 Å². The van der Waals surface area contributed by atoms with Crippen LogP contribution in [-0.4, -0.2) is 18.5 Å². The third-order valence-electron chi connectivity index (χ3n) is 6.83. The number of ether oxygens (including phenoxy) is 2. The van der Waals surface area contributed by atoms with Gasteiger partial charge in [-0.3, -0.25) is 9.59 Å². The third kappa shape index (κ3) is 9.56. The van der Waals surface area contributed by atoms with Crippen LogP contribution < -0.4 is 4.74 Å². The molecule has 4 nitrogen and oxygen atoms in total. The predicted octanol–water partition coefficient (Wildman–Crippen LogP) is 8.73. The fourth-order valence-corrected chi connectivity index (χ4v) is 4.20. The molecule has 0 aromatic heterocycles. The Morgan fingerprint density at radius 3 is 1.35 bits per heavy atom. The standard InChI is InChI=1S/C28H41F5O4/c1-4-7-8-9-10-11-12-13-14-15-16-17-18-19-36-26(34)28(5-2,6-3)27(35)37-25-23(32)21(30)20(29)22(31)24(25)33/h4-19H2,1-3H3. The molecule has 0 N–H and O–H groups in total. The highest BCUT2D eigenvalue weighted by molar-refractivity contribution is 6.00.